The van der Waals surface area contributed by atoms with Crippen LogP contribution in [0.25, 0.3) is 0 Å². The summed E-state index contributed by atoms with van der Waals surface area (Å²) in [6.07, 6.45) is 8.57. The van der Waals surface area contributed by atoms with Gasteiger partial charge < -0.3 is 19.8 Å². The first-order chi connectivity index (χ1) is 18.4. The Morgan fingerprint density at radius 2 is 1.92 bits per heavy atom. The molecule has 2 aromatic rings. The number of unbranched alkanes of at least 4 members (excludes halogenated alkanes) is 1. The highest BCUT2D eigenvalue weighted by atomic mass is 16.5. The summed E-state index contributed by atoms with van der Waals surface area (Å²) in [5.74, 6) is 1.62. The third kappa shape index (κ3) is 3.56. The first-order valence-electron chi connectivity index (χ1n) is 14.7. The van der Waals surface area contributed by atoms with Gasteiger partial charge in [0.25, 0.3) is 0 Å². The highest BCUT2D eigenvalue weighted by Crippen LogP contribution is 2.66. The van der Waals surface area contributed by atoms with E-state index in [1.165, 1.54) is 24.0 Å². The number of nitrogens with zero attached hydrogens (tertiary/aromatic N) is 2. The number of ether oxygens (including phenoxy) is 1. The summed E-state index contributed by atoms with van der Waals surface area (Å²) in [6.45, 7) is 2.00. The number of hydrogen-bond acceptors (Lipinski definition) is 5. The maximum absolute atomic E-state index is 13.4. The summed E-state index contributed by atoms with van der Waals surface area (Å²) >= 11 is 0. The smallest absolute Gasteiger partial charge is 0.222 e. The number of piperidine rings is 1. The quantitative estimate of drug-likeness (QED) is 0.515. The number of benzene rings is 2. The number of likely N-dealkylation sites (tertiary alicyclic amines) is 1. The van der Waals surface area contributed by atoms with Crippen LogP contribution in [0.1, 0.15) is 68.1 Å². The molecule has 5 atom stereocenters. The highest BCUT2D eigenvalue weighted by molar-refractivity contribution is 5.76. The van der Waals surface area contributed by atoms with Gasteiger partial charge in [0.15, 0.2) is 11.5 Å². The second kappa shape index (κ2) is 8.99. The molecule has 0 radical (unpaired) electrons. The van der Waals surface area contributed by atoms with Crippen LogP contribution >= 0.6 is 0 Å². The molecule has 2 aromatic carbocycles. The van der Waals surface area contributed by atoms with Gasteiger partial charge in [0.1, 0.15) is 6.10 Å². The summed E-state index contributed by atoms with van der Waals surface area (Å²) in [4.78, 5) is 17.9. The second-order valence-electron chi connectivity index (χ2n) is 12.6. The second-order valence-corrected chi connectivity index (χ2v) is 12.6. The largest absolute Gasteiger partial charge is 0.504 e. The molecule has 0 aromatic heterocycles. The summed E-state index contributed by atoms with van der Waals surface area (Å²) in [5.41, 5.74) is 2.05. The molecule has 3 fully saturated rings. The van der Waals surface area contributed by atoms with Crippen molar-refractivity contribution in [2.24, 2.45) is 5.92 Å². The van der Waals surface area contributed by atoms with Crippen molar-refractivity contribution >= 4 is 5.91 Å². The van der Waals surface area contributed by atoms with Gasteiger partial charge in [0.05, 0.1) is 17.1 Å². The predicted molar refractivity (Wildman–Crippen MR) is 145 cm³/mol. The Labute approximate surface area is 225 Å². The van der Waals surface area contributed by atoms with E-state index in [4.69, 9.17) is 4.74 Å². The van der Waals surface area contributed by atoms with Gasteiger partial charge in [-0.25, -0.2) is 0 Å². The van der Waals surface area contributed by atoms with Crippen LogP contribution in [-0.4, -0.2) is 69.8 Å². The number of aryl methyl sites for hydroxylation is 1. The van der Waals surface area contributed by atoms with Gasteiger partial charge in [-0.05, 0) is 87.4 Å². The molecular weight excluding hydrogens is 476 g/mol. The van der Waals surface area contributed by atoms with Crippen LogP contribution in [0.15, 0.2) is 42.5 Å². The molecular formula is C32H40N2O4. The number of amides is 1. The van der Waals surface area contributed by atoms with Gasteiger partial charge >= 0.3 is 0 Å². The van der Waals surface area contributed by atoms with Crippen LogP contribution in [0.5, 0.6) is 11.5 Å². The topological polar surface area (TPSA) is 73.2 Å². The van der Waals surface area contributed by atoms with Gasteiger partial charge in [-0.15, -0.1) is 0 Å². The van der Waals surface area contributed by atoms with Crippen LogP contribution in [0, 0.1) is 5.92 Å². The Morgan fingerprint density at radius 1 is 1.11 bits per heavy atom. The Balaban J connectivity index is 1.14. The SMILES string of the molecule is CN(C(=O)CCCCc1ccccc1)C1CCC2(O)[C@H]3Cc4ccc(O)c5c4[C@@]2(CCN3CC2CC2)[C@H]1O5. The molecule has 1 saturated heterocycles. The normalized spacial score (nSPS) is 32.9. The Morgan fingerprint density at radius 3 is 2.71 bits per heavy atom. The fourth-order valence-corrected chi connectivity index (χ4v) is 8.46. The molecule has 2 saturated carbocycles. The van der Waals surface area contributed by atoms with E-state index in [9.17, 15) is 15.0 Å². The first kappa shape index (κ1) is 24.5. The van der Waals surface area contributed by atoms with Crippen molar-refractivity contribution in [2.75, 3.05) is 20.1 Å². The zero-order chi connectivity index (χ0) is 26.1. The number of likely N-dealkylation sites (N-methyl/N-ethyl adjacent to an activating group) is 1. The van der Waals surface area contributed by atoms with Crippen molar-refractivity contribution in [2.45, 2.75) is 93.4 Å². The molecule has 1 amide bonds. The predicted octanol–water partition coefficient (Wildman–Crippen LogP) is 4.20. The third-order valence-corrected chi connectivity index (χ3v) is 10.6. The number of carbonyl (C=O) groups is 1. The van der Waals surface area contributed by atoms with E-state index in [2.05, 4.69) is 29.2 Å². The van der Waals surface area contributed by atoms with E-state index in [1.807, 2.05) is 24.1 Å². The number of carbonyl (C=O) groups excluding carboxylic acids is 1. The number of rotatable bonds is 8. The van der Waals surface area contributed by atoms with E-state index in [1.54, 1.807) is 6.07 Å². The lowest BCUT2D eigenvalue weighted by Crippen LogP contribution is -2.78. The molecule has 38 heavy (non-hydrogen) atoms. The molecule has 1 spiro atoms. The van der Waals surface area contributed by atoms with Gasteiger partial charge in [-0.2, -0.15) is 0 Å². The van der Waals surface area contributed by atoms with E-state index < -0.39 is 11.0 Å². The van der Waals surface area contributed by atoms with Crippen molar-refractivity contribution < 1.29 is 19.7 Å². The summed E-state index contributed by atoms with van der Waals surface area (Å²) in [7, 11) is 1.92. The minimum absolute atomic E-state index is 0.0610. The maximum Gasteiger partial charge on any atom is 0.222 e. The Bertz CT molecular complexity index is 1230. The van der Waals surface area contributed by atoms with E-state index in [0.717, 1.165) is 56.7 Å². The number of phenols is 1. The highest BCUT2D eigenvalue weighted by Gasteiger charge is 2.73. The minimum atomic E-state index is -0.910. The standard InChI is InChI=1S/C32H40N2O4/c1-33(27(36)10-6-5-9-21-7-3-2-4-8-21)24-15-16-32(37)26-19-23-13-14-25(35)29-28(23)31(32,30(24)38-29)17-18-34(26)20-22-11-12-22/h2-4,7-8,13-14,22,24,26,30,35,37H,5-6,9-12,15-20H2,1H3/t24?,26-,30+,31+,32?/m1/s1. The molecule has 2 bridgehead atoms. The van der Waals surface area contributed by atoms with Crippen LogP contribution in [0.3, 0.4) is 0 Å². The average molecular weight is 517 g/mol. The fraction of sp³-hybridized carbons (Fsp3) is 0.594. The third-order valence-electron chi connectivity index (χ3n) is 10.6. The molecule has 6 nitrogen and oxygen atoms in total. The lowest BCUT2D eigenvalue weighted by atomic mass is 9.48. The molecule has 2 heterocycles. The number of aromatic hydroxyl groups is 1. The minimum Gasteiger partial charge on any atom is -0.504 e. The Hall–Kier alpha value is -2.57. The maximum atomic E-state index is 13.4. The van der Waals surface area contributed by atoms with Crippen LogP contribution < -0.4 is 4.74 Å². The zero-order valence-electron chi connectivity index (χ0n) is 22.4. The zero-order valence-corrected chi connectivity index (χ0v) is 22.4. The van der Waals surface area contributed by atoms with Gasteiger partial charge in [-0.1, -0.05) is 36.4 Å². The molecule has 6 heteroatoms. The molecule has 7 rings (SSSR count). The van der Waals surface area contributed by atoms with Crippen molar-refractivity contribution in [3.8, 4) is 11.5 Å². The molecule has 5 aliphatic rings. The van der Waals surface area contributed by atoms with Crippen molar-refractivity contribution in [1.29, 1.82) is 0 Å². The number of aliphatic hydroxyl groups is 1. The number of hydrogen-bond donors (Lipinski definition) is 2. The Kier molecular flexibility index (Phi) is 5.79. The monoisotopic (exact) mass is 516 g/mol. The van der Waals surface area contributed by atoms with Gasteiger partial charge in [0.2, 0.25) is 5.91 Å². The van der Waals surface area contributed by atoms with E-state index in [0.29, 0.717) is 25.0 Å². The molecule has 202 valence electrons. The molecule has 2 N–H and O–H groups in total. The lowest BCUT2D eigenvalue weighted by Gasteiger charge is -2.64. The van der Waals surface area contributed by atoms with Crippen LogP contribution in [0.2, 0.25) is 0 Å². The molecule has 2 aliphatic heterocycles. The molecule has 2 unspecified atom stereocenters. The number of phenolic OH excluding ortho intramolecular Hbond substituents is 1. The van der Waals surface area contributed by atoms with Gasteiger partial charge in [-0.3, -0.25) is 9.69 Å². The van der Waals surface area contributed by atoms with E-state index >= 15 is 0 Å². The summed E-state index contributed by atoms with van der Waals surface area (Å²) in [6, 6.07) is 14.2. The lowest BCUT2D eigenvalue weighted by molar-refractivity contribution is -0.200. The van der Waals surface area contributed by atoms with Crippen molar-refractivity contribution in [3.63, 3.8) is 0 Å². The van der Waals surface area contributed by atoms with Gasteiger partial charge in [0, 0.05) is 31.6 Å². The van der Waals surface area contributed by atoms with Crippen molar-refractivity contribution in [1.82, 2.24) is 9.80 Å². The summed E-state index contributed by atoms with van der Waals surface area (Å²) < 4.78 is 6.65. The summed E-state index contributed by atoms with van der Waals surface area (Å²) in [5, 5.41) is 23.5. The fourth-order valence-electron chi connectivity index (χ4n) is 8.46. The molecule has 3 aliphatic carbocycles. The van der Waals surface area contributed by atoms with Crippen LogP contribution in [-0.2, 0) is 23.1 Å². The van der Waals surface area contributed by atoms with E-state index in [-0.39, 0.29) is 29.8 Å². The van der Waals surface area contributed by atoms with Crippen molar-refractivity contribution in [3.05, 3.63) is 59.2 Å². The van der Waals surface area contributed by atoms with Crippen LogP contribution in [0.4, 0.5) is 0 Å². The average Bonchev–Trinajstić information content (AvgIpc) is 3.67. The first-order valence-corrected chi connectivity index (χ1v) is 14.7.